The van der Waals surface area contributed by atoms with Crippen LogP contribution in [0, 0.1) is 11.6 Å². The number of rotatable bonds is 9. The molecule has 2 saturated heterocycles. The lowest BCUT2D eigenvalue weighted by molar-refractivity contribution is -0.134. The number of halogens is 2. The summed E-state index contributed by atoms with van der Waals surface area (Å²) in [5.74, 6) is -2.14. The summed E-state index contributed by atoms with van der Waals surface area (Å²) < 4.78 is 33.6. The van der Waals surface area contributed by atoms with Gasteiger partial charge in [0.2, 0.25) is 17.7 Å². The number of imide groups is 1. The first-order valence-electron chi connectivity index (χ1n) is 19.4. The molecule has 12 nitrogen and oxygen atoms in total. The molecular formula is C43H44F2N8O4. The average Bonchev–Trinajstić information content (AvgIpc) is 3.92. The molecule has 294 valence electrons. The summed E-state index contributed by atoms with van der Waals surface area (Å²) in [4.78, 5) is 58.4. The highest BCUT2D eigenvalue weighted by molar-refractivity contribution is 6.04. The Balaban J connectivity index is 1.01. The standard InChI is InChI=1S/C43H44F2N8O4/c1-50(2)43(57)36-24-34-32(23-33(40(45)41(34)47-36)30-4-3-17-52(25-30)39(55)15-20-53-21-16-46-49-53)28-7-5-26(6-8-28)27-13-18-51(19-14-27)37-11-9-29(22-35(37)44)31-10-12-38(54)48-42(31)56/h4-9,11,16,21-24,27,31,47H,3,10,12-15,17-20,25H2,1-2H3,(H,48,54,56). The van der Waals surface area contributed by atoms with Gasteiger partial charge in [0.25, 0.3) is 5.91 Å². The summed E-state index contributed by atoms with van der Waals surface area (Å²) in [6, 6.07) is 16.7. The van der Waals surface area contributed by atoms with E-state index in [2.05, 4.69) is 32.7 Å². The summed E-state index contributed by atoms with van der Waals surface area (Å²) in [5.41, 5.74) is 5.45. The fourth-order valence-electron chi connectivity index (χ4n) is 8.36. The maximum absolute atomic E-state index is 16.5. The second-order valence-electron chi connectivity index (χ2n) is 15.3. The highest BCUT2D eigenvalue weighted by Gasteiger charge is 2.30. The number of carbonyl (C=O) groups excluding carboxylic acids is 4. The van der Waals surface area contributed by atoms with Crippen molar-refractivity contribution >= 4 is 45.8 Å². The first-order chi connectivity index (χ1) is 27.5. The minimum atomic E-state index is -0.537. The minimum absolute atomic E-state index is 0.0502. The Morgan fingerprint density at radius 3 is 2.40 bits per heavy atom. The van der Waals surface area contributed by atoms with Gasteiger partial charge in [-0.25, -0.2) is 8.78 Å². The van der Waals surface area contributed by atoms with Gasteiger partial charge < -0.3 is 19.7 Å². The second kappa shape index (κ2) is 15.8. The summed E-state index contributed by atoms with van der Waals surface area (Å²) in [7, 11) is 3.30. The van der Waals surface area contributed by atoms with Crippen molar-refractivity contribution in [3.63, 3.8) is 0 Å². The summed E-state index contributed by atoms with van der Waals surface area (Å²) in [5, 5.41) is 10.7. The van der Waals surface area contributed by atoms with Crippen LogP contribution in [-0.4, -0.2) is 93.7 Å². The molecule has 0 radical (unpaired) electrons. The first-order valence-corrected chi connectivity index (χ1v) is 19.4. The van der Waals surface area contributed by atoms with Crippen molar-refractivity contribution < 1.29 is 28.0 Å². The molecule has 0 spiro atoms. The predicted octanol–water partition coefficient (Wildman–Crippen LogP) is 6.02. The molecule has 2 aromatic heterocycles. The predicted molar refractivity (Wildman–Crippen MR) is 211 cm³/mol. The van der Waals surface area contributed by atoms with E-state index in [9.17, 15) is 19.2 Å². The van der Waals surface area contributed by atoms with Crippen LogP contribution in [0.25, 0.3) is 27.6 Å². The molecule has 2 fully saturated rings. The Kier molecular flexibility index (Phi) is 10.4. The number of amides is 4. The lowest BCUT2D eigenvalue weighted by atomic mass is 9.87. The fraction of sp³-hybridized carbons (Fsp3) is 0.349. The number of nitrogens with zero attached hydrogens (tertiary/aromatic N) is 6. The van der Waals surface area contributed by atoms with E-state index in [1.165, 1.54) is 11.0 Å². The van der Waals surface area contributed by atoms with Gasteiger partial charge in [0.15, 0.2) is 5.82 Å². The Bertz CT molecular complexity index is 2380. The van der Waals surface area contributed by atoms with E-state index in [-0.39, 0.29) is 66.0 Å². The third kappa shape index (κ3) is 7.68. The number of aryl methyl sites for hydroxylation is 1. The van der Waals surface area contributed by atoms with Crippen molar-refractivity contribution in [2.45, 2.75) is 56.9 Å². The lowest BCUT2D eigenvalue weighted by Gasteiger charge is -2.34. The third-order valence-corrected chi connectivity index (χ3v) is 11.5. The van der Waals surface area contributed by atoms with Gasteiger partial charge in [-0.2, -0.15) is 0 Å². The number of carbonyl (C=O) groups is 4. The first kappa shape index (κ1) is 37.7. The average molecular weight is 775 g/mol. The number of hydrogen-bond donors (Lipinski definition) is 2. The number of aromatic amines is 1. The third-order valence-electron chi connectivity index (χ3n) is 11.5. The maximum Gasteiger partial charge on any atom is 0.269 e. The summed E-state index contributed by atoms with van der Waals surface area (Å²) in [6.45, 7) is 2.51. The zero-order valence-electron chi connectivity index (χ0n) is 31.9. The molecular weight excluding hydrogens is 731 g/mol. The molecule has 1 atom stereocenters. The molecule has 3 aromatic carbocycles. The molecule has 5 heterocycles. The van der Waals surface area contributed by atoms with Gasteiger partial charge >= 0.3 is 0 Å². The molecule has 3 aliphatic rings. The van der Waals surface area contributed by atoms with Gasteiger partial charge in [-0.3, -0.25) is 29.2 Å². The van der Waals surface area contributed by atoms with Crippen LogP contribution in [0.3, 0.4) is 0 Å². The molecule has 0 saturated carbocycles. The number of aromatic nitrogens is 4. The number of piperidine rings is 2. The van der Waals surface area contributed by atoms with Crippen molar-refractivity contribution in [3.05, 3.63) is 107 Å². The molecule has 0 aliphatic carbocycles. The Labute approximate surface area is 328 Å². The van der Waals surface area contributed by atoms with Crippen LogP contribution in [0.5, 0.6) is 0 Å². The summed E-state index contributed by atoms with van der Waals surface area (Å²) >= 11 is 0. The molecule has 14 heteroatoms. The number of anilines is 1. The van der Waals surface area contributed by atoms with E-state index in [1.807, 2.05) is 29.2 Å². The normalized spacial score (nSPS) is 17.8. The van der Waals surface area contributed by atoms with Gasteiger partial charge in [-0.05, 0) is 83.7 Å². The highest BCUT2D eigenvalue weighted by atomic mass is 19.1. The fourth-order valence-corrected chi connectivity index (χ4v) is 8.36. The summed E-state index contributed by atoms with van der Waals surface area (Å²) in [6.07, 6.45) is 8.33. The Morgan fingerprint density at radius 2 is 1.70 bits per heavy atom. The van der Waals surface area contributed by atoms with Crippen LogP contribution in [0.2, 0.25) is 0 Å². The maximum atomic E-state index is 16.5. The zero-order chi connectivity index (χ0) is 39.8. The molecule has 2 N–H and O–H groups in total. The quantitative estimate of drug-likeness (QED) is 0.175. The molecule has 3 aliphatic heterocycles. The van der Waals surface area contributed by atoms with E-state index in [0.29, 0.717) is 66.8 Å². The van der Waals surface area contributed by atoms with Gasteiger partial charge in [0.05, 0.1) is 29.9 Å². The van der Waals surface area contributed by atoms with Crippen LogP contribution >= 0.6 is 0 Å². The molecule has 8 rings (SSSR count). The van der Waals surface area contributed by atoms with Crippen molar-refractivity contribution in [1.82, 2.24) is 35.1 Å². The monoisotopic (exact) mass is 774 g/mol. The minimum Gasteiger partial charge on any atom is -0.369 e. The van der Waals surface area contributed by atoms with E-state index in [0.717, 1.165) is 29.5 Å². The van der Waals surface area contributed by atoms with E-state index in [4.69, 9.17) is 0 Å². The van der Waals surface area contributed by atoms with Crippen molar-refractivity contribution in [1.29, 1.82) is 0 Å². The molecule has 57 heavy (non-hydrogen) atoms. The molecule has 0 bridgehead atoms. The highest BCUT2D eigenvalue weighted by Crippen LogP contribution is 2.39. The number of benzene rings is 3. The van der Waals surface area contributed by atoms with Gasteiger partial charge in [0.1, 0.15) is 11.5 Å². The smallest absolute Gasteiger partial charge is 0.269 e. The van der Waals surface area contributed by atoms with Crippen LogP contribution < -0.4 is 10.2 Å². The van der Waals surface area contributed by atoms with Gasteiger partial charge in [-0.1, -0.05) is 41.6 Å². The van der Waals surface area contributed by atoms with Crippen LogP contribution in [0.1, 0.15) is 77.5 Å². The van der Waals surface area contributed by atoms with Crippen LogP contribution in [-0.2, 0) is 20.9 Å². The van der Waals surface area contributed by atoms with Gasteiger partial charge in [-0.15, -0.1) is 5.10 Å². The van der Waals surface area contributed by atoms with Crippen molar-refractivity contribution in [3.8, 4) is 11.1 Å². The van der Waals surface area contributed by atoms with Crippen LogP contribution in [0.15, 0.2) is 73.1 Å². The van der Waals surface area contributed by atoms with Crippen molar-refractivity contribution in [2.24, 2.45) is 0 Å². The van der Waals surface area contributed by atoms with Gasteiger partial charge in [0, 0.05) is 70.3 Å². The number of hydrogen-bond acceptors (Lipinski definition) is 7. The largest absolute Gasteiger partial charge is 0.369 e. The Hall–Kier alpha value is -6.18. The zero-order valence-corrected chi connectivity index (χ0v) is 31.9. The number of H-pyrrole nitrogens is 1. The van der Waals surface area contributed by atoms with Crippen LogP contribution in [0.4, 0.5) is 14.5 Å². The Morgan fingerprint density at radius 1 is 0.930 bits per heavy atom. The SMILES string of the molecule is CN(C)C(=O)c1cc2c(-c3ccc(C4CCN(c5ccc(C6CCC(=O)NC6=O)cc5F)CC4)cc3)cc(C3=CCCN(C(=O)CCn4ccnn4)C3)c(F)c2[nH]1. The molecule has 5 aromatic rings. The molecule has 1 unspecified atom stereocenters. The van der Waals surface area contributed by atoms with E-state index < -0.39 is 11.7 Å². The molecule has 4 amide bonds. The topological polar surface area (TPSA) is 137 Å². The lowest BCUT2D eigenvalue weighted by Crippen LogP contribution is -2.39. The number of fused-ring (bicyclic) bond motifs is 1. The van der Waals surface area contributed by atoms with Crippen molar-refractivity contribution in [2.75, 3.05) is 45.2 Å². The van der Waals surface area contributed by atoms with E-state index >= 15 is 8.78 Å². The second-order valence-corrected chi connectivity index (χ2v) is 15.3. The van der Waals surface area contributed by atoms with E-state index in [1.54, 1.807) is 54.3 Å². The number of nitrogens with one attached hydrogen (secondary N) is 2.